The standard InChI is InChI=1S/C9H12N2O3/c1-6(2)5-11-8(12)4-3-7(10-11)9(13)14/h1,3-5H2,2H3,(H,13,14). The molecule has 0 unspecified atom stereocenters. The van der Waals surface area contributed by atoms with Crippen LogP contribution in [0.25, 0.3) is 0 Å². The van der Waals surface area contributed by atoms with Gasteiger partial charge in [0.25, 0.3) is 0 Å². The Labute approximate surface area is 81.7 Å². The second-order valence-corrected chi connectivity index (χ2v) is 3.26. The smallest absolute Gasteiger partial charge is 0.352 e. The third-order valence-electron chi connectivity index (χ3n) is 1.77. The number of carboxylic acids is 1. The lowest BCUT2D eigenvalue weighted by molar-refractivity contribution is -0.132. The van der Waals surface area contributed by atoms with Crippen molar-refractivity contribution >= 4 is 17.6 Å². The summed E-state index contributed by atoms with van der Waals surface area (Å²) in [6, 6.07) is 0. The van der Waals surface area contributed by atoms with Crippen molar-refractivity contribution in [3.8, 4) is 0 Å². The van der Waals surface area contributed by atoms with Crippen LogP contribution in [0.2, 0.25) is 0 Å². The van der Waals surface area contributed by atoms with Crippen LogP contribution in [0.5, 0.6) is 0 Å². The van der Waals surface area contributed by atoms with Crippen molar-refractivity contribution in [2.75, 3.05) is 6.54 Å². The van der Waals surface area contributed by atoms with Gasteiger partial charge in [-0.25, -0.2) is 9.80 Å². The molecule has 0 aromatic heterocycles. The number of hydrazone groups is 1. The molecule has 0 saturated heterocycles. The van der Waals surface area contributed by atoms with E-state index in [2.05, 4.69) is 11.7 Å². The van der Waals surface area contributed by atoms with Crippen LogP contribution in [0.3, 0.4) is 0 Å². The average molecular weight is 196 g/mol. The molecule has 0 aromatic carbocycles. The maximum atomic E-state index is 11.3. The zero-order chi connectivity index (χ0) is 10.7. The lowest BCUT2D eigenvalue weighted by Crippen LogP contribution is -2.35. The summed E-state index contributed by atoms with van der Waals surface area (Å²) < 4.78 is 0. The van der Waals surface area contributed by atoms with Crippen molar-refractivity contribution in [3.63, 3.8) is 0 Å². The number of carboxylic acid groups (broad SMARTS) is 1. The van der Waals surface area contributed by atoms with E-state index in [-0.39, 0.29) is 31.0 Å². The molecule has 1 heterocycles. The van der Waals surface area contributed by atoms with E-state index in [4.69, 9.17) is 5.11 Å². The molecule has 0 spiro atoms. The quantitative estimate of drug-likeness (QED) is 0.673. The van der Waals surface area contributed by atoms with Gasteiger partial charge < -0.3 is 5.11 Å². The Bertz CT molecular complexity index is 320. The fourth-order valence-corrected chi connectivity index (χ4v) is 1.13. The lowest BCUT2D eigenvalue weighted by atomic mass is 10.1. The molecule has 5 heteroatoms. The molecule has 1 aliphatic rings. The summed E-state index contributed by atoms with van der Waals surface area (Å²) in [5, 5.41) is 13.6. The maximum Gasteiger partial charge on any atom is 0.352 e. The summed E-state index contributed by atoms with van der Waals surface area (Å²) >= 11 is 0. The van der Waals surface area contributed by atoms with Gasteiger partial charge in [0.05, 0.1) is 6.54 Å². The summed E-state index contributed by atoms with van der Waals surface area (Å²) in [6.07, 6.45) is 0.416. The molecule has 1 amide bonds. The maximum absolute atomic E-state index is 11.3. The molecule has 1 rings (SSSR count). The molecule has 0 fully saturated rings. The Kier molecular flexibility index (Phi) is 3.01. The number of hydrogen-bond acceptors (Lipinski definition) is 3. The van der Waals surface area contributed by atoms with Crippen LogP contribution in [0.1, 0.15) is 19.8 Å². The second-order valence-electron chi connectivity index (χ2n) is 3.26. The lowest BCUT2D eigenvalue weighted by Gasteiger charge is -2.21. The average Bonchev–Trinajstić information content (AvgIpc) is 2.07. The van der Waals surface area contributed by atoms with Crippen LogP contribution < -0.4 is 0 Å². The van der Waals surface area contributed by atoms with Gasteiger partial charge in [0, 0.05) is 12.8 Å². The summed E-state index contributed by atoms with van der Waals surface area (Å²) in [4.78, 5) is 21.9. The largest absolute Gasteiger partial charge is 0.477 e. The van der Waals surface area contributed by atoms with Gasteiger partial charge in [-0.2, -0.15) is 5.10 Å². The predicted octanol–water partition coefficient (Wildman–Crippen LogP) is 0.626. The fourth-order valence-electron chi connectivity index (χ4n) is 1.13. The van der Waals surface area contributed by atoms with Crippen molar-refractivity contribution in [1.82, 2.24) is 5.01 Å². The van der Waals surface area contributed by atoms with Gasteiger partial charge in [-0.15, -0.1) is 0 Å². The summed E-state index contributed by atoms with van der Waals surface area (Å²) in [5.74, 6) is -1.22. The Balaban J connectivity index is 2.80. The van der Waals surface area contributed by atoms with Crippen LogP contribution in [0, 0.1) is 0 Å². The Morgan fingerprint density at radius 2 is 2.29 bits per heavy atom. The number of carbonyl (C=O) groups is 2. The number of nitrogens with zero attached hydrogens (tertiary/aromatic N) is 2. The van der Waals surface area contributed by atoms with Crippen molar-refractivity contribution in [2.24, 2.45) is 5.10 Å². The summed E-state index contributed by atoms with van der Waals surface area (Å²) in [5.41, 5.74) is 0.805. The number of rotatable bonds is 3. The molecule has 0 radical (unpaired) electrons. The van der Waals surface area contributed by atoms with Gasteiger partial charge in [0.1, 0.15) is 5.71 Å². The second kappa shape index (κ2) is 4.04. The van der Waals surface area contributed by atoms with E-state index in [1.165, 1.54) is 0 Å². The Morgan fingerprint density at radius 3 is 2.79 bits per heavy atom. The van der Waals surface area contributed by atoms with Gasteiger partial charge in [0.2, 0.25) is 5.91 Å². The number of amides is 1. The van der Waals surface area contributed by atoms with Gasteiger partial charge in [-0.05, 0) is 6.92 Å². The highest BCUT2D eigenvalue weighted by atomic mass is 16.4. The molecule has 5 nitrogen and oxygen atoms in total. The molecule has 0 saturated carbocycles. The first kappa shape index (κ1) is 10.4. The van der Waals surface area contributed by atoms with E-state index in [0.29, 0.717) is 0 Å². The molecule has 14 heavy (non-hydrogen) atoms. The first-order valence-electron chi connectivity index (χ1n) is 4.26. The minimum atomic E-state index is -1.07. The molecule has 0 atom stereocenters. The SMILES string of the molecule is C=C(C)CN1N=C(C(=O)O)CCC1=O. The number of carbonyl (C=O) groups excluding carboxylic acids is 1. The molecule has 1 aliphatic heterocycles. The first-order chi connectivity index (χ1) is 6.50. The van der Waals surface area contributed by atoms with Gasteiger partial charge in [-0.1, -0.05) is 12.2 Å². The molecular formula is C9H12N2O3. The van der Waals surface area contributed by atoms with Gasteiger partial charge in [0.15, 0.2) is 0 Å². The van der Waals surface area contributed by atoms with E-state index in [9.17, 15) is 9.59 Å². The summed E-state index contributed by atoms with van der Waals surface area (Å²) in [7, 11) is 0. The molecule has 76 valence electrons. The molecule has 0 bridgehead atoms. The Hall–Kier alpha value is -1.65. The molecule has 0 aliphatic carbocycles. The zero-order valence-electron chi connectivity index (χ0n) is 7.99. The van der Waals surface area contributed by atoms with E-state index in [0.717, 1.165) is 10.6 Å². The monoisotopic (exact) mass is 196 g/mol. The fraction of sp³-hybridized carbons (Fsp3) is 0.444. The summed E-state index contributed by atoms with van der Waals surface area (Å²) in [6.45, 7) is 5.69. The normalized spacial score (nSPS) is 16.5. The van der Waals surface area contributed by atoms with Crippen molar-refractivity contribution in [2.45, 2.75) is 19.8 Å². The van der Waals surface area contributed by atoms with Gasteiger partial charge >= 0.3 is 5.97 Å². The van der Waals surface area contributed by atoms with E-state index >= 15 is 0 Å². The van der Waals surface area contributed by atoms with Crippen LogP contribution in [-0.4, -0.2) is 34.2 Å². The highest BCUT2D eigenvalue weighted by molar-refractivity contribution is 6.36. The highest BCUT2D eigenvalue weighted by Crippen LogP contribution is 2.10. The van der Waals surface area contributed by atoms with Crippen LogP contribution >= 0.6 is 0 Å². The zero-order valence-corrected chi connectivity index (χ0v) is 7.99. The molecule has 1 N–H and O–H groups in total. The Morgan fingerprint density at radius 1 is 1.64 bits per heavy atom. The van der Waals surface area contributed by atoms with Crippen LogP contribution in [0.4, 0.5) is 0 Å². The third-order valence-corrected chi connectivity index (χ3v) is 1.77. The number of aliphatic carboxylic acids is 1. The van der Waals surface area contributed by atoms with Gasteiger partial charge in [-0.3, -0.25) is 4.79 Å². The minimum Gasteiger partial charge on any atom is -0.477 e. The molecule has 0 aromatic rings. The highest BCUT2D eigenvalue weighted by Gasteiger charge is 2.23. The predicted molar refractivity (Wildman–Crippen MR) is 50.8 cm³/mol. The third kappa shape index (κ3) is 2.42. The van der Waals surface area contributed by atoms with E-state index < -0.39 is 5.97 Å². The first-order valence-corrected chi connectivity index (χ1v) is 4.26. The topological polar surface area (TPSA) is 70.0 Å². The van der Waals surface area contributed by atoms with E-state index in [1.807, 2.05) is 0 Å². The van der Waals surface area contributed by atoms with Crippen molar-refractivity contribution in [3.05, 3.63) is 12.2 Å². The van der Waals surface area contributed by atoms with Crippen molar-refractivity contribution < 1.29 is 14.7 Å². The van der Waals surface area contributed by atoms with Crippen LogP contribution in [0.15, 0.2) is 17.3 Å². The van der Waals surface area contributed by atoms with Crippen LogP contribution in [-0.2, 0) is 9.59 Å². The van der Waals surface area contributed by atoms with E-state index in [1.54, 1.807) is 6.92 Å². The minimum absolute atomic E-state index is 0.0332. The number of hydrogen-bond donors (Lipinski definition) is 1. The molecular weight excluding hydrogens is 184 g/mol. The van der Waals surface area contributed by atoms with Crippen molar-refractivity contribution in [1.29, 1.82) is 0 Å².